The van der Waals surface area contributed by atoms with E-state index in [1.807, 2.05) is 0 Å². The largest absolute Gasteiger partial charge is 0.330 e. The van der Waals surface area contributed by atoms with Crippen molar-refractivity contribution in [2.75, 3.05) is 11.5 Å². The van der Waals surface area contributed by atoms with Gasteiger partial charge in [0, 0.05) is 28.3 Å². The molecule has 7 nitrogen and oxygen atoms in total. The summed E-state index contributed by atoms with van der Waals surface area (Å²) < 4.78 is 38.2. The standard InChI is InChI=1S/C18H15Cl2FN2O5S/c19-14-2-1-3-16(21)13(14)9-22(12-6-7-29(27,28)10-12)18(24)11-4-5-15(20)17(8-11)23(25)26/h1-5,8,12H,6-7,9-10H2. The highest BCUT2D eigenvalue weighted by atomic mass is 35.5. The van der Waals surface area contributed by atoms with Crippen molar-refractivity contribution in [3.05, 3.63) is 73.5 Å². The van der Waals surface area contributed by atoms with Gasteiger partial charge in [0.1, 0.15) is 10.8 Å². The molecule has 1 amide bonds. The molecule has 0 saturated carbocycles. The predicted octanol–water partition coefficient (Wildman–Crippen LogP) is 3.87. The highest BCUT2D eigenvalue weighted by molar-refractivity contribution is 7.91. The molecule has 2 aromatic rings. The molecule has 0 N–H and O–H groups in total. The van der Waals surface area contributed by atoms with E-state index in [1.165, 1.54) is 35.2 Å². The zero-order valence-corrected chi connectivity index (χ0v) is 17.2. The Morgan fingerprint density at radius 1 is 1.24 bits per heavy atom. The van der Waals surface area contributed by atoms with Gasteiger partial charge in [0.05, 0.1) is 23.0 Å². The van der Waals surface area contributed by atoms with E-state index in [2.05, 4.69) is 0 Å². The van der Waals surface area contributed by atoms with E-state index in [0.29, 0.717) is 0 Å². The summed E-state index contributed by atoms with van der Waals surface area (Å²) in [6, 6.07) is 6.88. The second-order valence-electron chi connectivity index (χ2n) is 6.61. The number of halogens is 3. The van der Waals surface area contributed by atoms with Crippen molar-refractivity contribution in [3.8, 4) is 0 Å². The number of sulfone groups is 1. The molecule has 0 aliphatic carbocycles. The van der Waals surface area contributed by atoms with Gasteiger partial charge in [0.25, 0.3) is 11.6 Å². The van der Waals surface area contributed by atoms with Gasteiger partial charge in [-0.05, 0) is 30.7 Å². The minimum absolute atomic E-state index is 0.0373. The van der Waals surface area contributed by atoms with E-state index in [1.54, 1.807) is 0 Å². The molecule has 11 heteroatoms. The average molecular weight is 461 g/mol. The molecule has 1 fully saturated rings. The first-order chi connectivity index (χ1) is 13.6. The fourth-order valence-electron chi connectivity index (χ4n) is 3.19. The lowest BCUT2D eigenvalue weighted by Crippen LogP contribution is -2.41. The van der Waals surface area contributed by atoms with Crippen LogP contribution in [0.4, 0.5) is 10.1 Å². The van der Waals surface area contributed by atoms with Crippen LogP contribution in [0.15, 0.2) is 36.4 Å². The third-order valence-electron chi connectivity index (χ3n) is 4.69. The molecular weight excluding hydrogens is 446 g/mol. The molecule has 1 aliphatic heterocycles. The fourth-order valence-corrected chi connectivity index (χ4v) is 5.33. The molecule has 0 radical (unpaired) electrons. The molecule has 1 unspecified atom stereocenters. The van der Waals surface area contributed by atoms with Crippen LogP contribution in [0.25, 0.3) is 0 Å². The van der Waals surface area contributed by atoms with Gasteiger partial charge in [-0.3, -0.25) is 14.9 Å². The third-order valence-corrected chi connectivity index (χ3v) is 7.11. The Hall–Kier alpha value is -2.23. The second-order valence-corrected chi connectivity index (χ2v) is 9.66. The van der Waals surface area contributed by atoms with Gasteiger partial charge in [-0.15, -0.1) is 0 Å². The van der Waals surface area contributed by atoms with Crippen LogP contribution < -0.4 is 0 Å². The van der Waals surface area contributed by atoms with Crippen molar-refractivity contribution < 1.29 is 22.5 Å². The SMILES string of the molecule is O=C(c1ccc(Cl)c([N+](=O)[O-])c1)N(Cc1c(F)cccc1Cl)C1CCS(=O)(=O)C1. The van der Waals surface area contributed by atoms with Crippen LogP contribution in [0.1, 0.15) is 22.3 Å². The van der Waals surface area contributed by atoms with Crippen molar-refractivity contribution in [1.82, 2.24) is 4.90 Å². The van der Waals surface area contributed by atoms with Gasteiger partial charge in [-0.1, -0.05) is 29.3 Å². The minimum Gasteiger partial charge on any atom is -0.330 e. The Balaban J connectivity index is 2.02. The number of amides is 1. The van der Waals surface area contributed by atoms with E-state index in [0.717, 1.165) is 6.07 Å². The first-order valence-corrected chi connectivity index (χ1v) is 11.0. The summed E-state index contributed by atoms with van der Waals surface area (Å²) in [4.78, 5) is 24.8. The summed E-state index contributed by atoms with van der Waals surface area (Å²) in [7, 11) is -3.35. The van der Waals surface area contributed by atoms with Crippen LogP contribution in [0.2, 0.25) is 10.0 Å². The predicted molar refractivity (Wildman–Crippen MR) is 106 cm³/mol. The topological polar surface area (TPSA) is 97.6 Å². The van der Waals surface area contributed by atoms with Gasteiger partial charge in [0.2, 0.25) is 0 Å². The monoisotopic (exact) mass is 460 g/mol. The quantitative estimate of drug-likeness (QED) is 0.498. The Kier molecular flexibility index (Phi) is 6.11. The zero-order chi connectivity index (χ0) is 21.3. The van der Waals surface area contributed by atoms with Crippen molar-refractivity contribution in [3.63, 3.8) is 0 Å². The third kappa shape index (κ3) is 4.68. The molecule has 2 aromatic carbocycles. The van der Waals surface area contributed by atoms with E-state index < -0.39 is 38.2 Å². The van der Waals surface area contributed by atoms with Crippen LogP contribution in [-0.2, 0) is 16.4 Å². The smallest absolute Gasteiger partial charge is 0.288 e. The number of nitro groups is 1. The number of hydrogen-bond acceptors (Lipinski definition) is 5. The second kappa shape index (κ2) is 8.25. The Bertz CT molecular complexity index is 1070. The van der Waals surface area contributed by atoms with Gasteiger partial charge in [-0.2, -0.15) is 0 Å². The summed E-state index contributed by atoms with van der Waals surface area (Å²) in [5, 5.41) is 11.1. The van der Waals surface area contributed by atoms with Gasteiger partial charge in [0.15, 0.2) is 9.84 Å². The van der Waals surface area contributed by atoms with Crippen LogP contribution in [0.3, 0.4) is 0 Å². The Morgan fingerprint density at radius 3 is 2.55 bits per heavy atom. The lowest BCUT2D eigenvalue weighted by Gasteiger charge is -2.29. The summed E-state index contributed by atoms with van der Waals surface area (Å²) in [5.74, 6) is -1.70. The van der Waals surface area contributed by atoms with E-state index in [9.17, 15) is 27.7 Å². The summed E-state index contributed by atoms with van der Waals surface area (Å²) in [5.41, 5.74) is -0.478. The molecule has 0 bridgehead atoms. The number of hydrogen-bond donors (Lipinski definition) is 0. The average Bonchev–Trinajstić information content (AvgIpc) is 3.00. The Morgan fingerprint density at radius 2 is 1.97 bits per heavy atom. The maximum absolute atomic E-state index is 14.3. The number of carbonyl (C=O) groups excluding carboxylic acids is 1. The zero-order valence-electron chi connectivity index (χ0n) is 14.8. The van der Waals surface area contributed by atoms with Crippen molar-refractivity contribution in [2.45, 2.75) is 19.0 Å². The lowest BCUT2D eigenvalue weighted by atomic mass is 10.1. The minimum atomic E-state index is -3.35. The summed E-state index contributed by atoms with van der Waals surface area (Å²) >= 11 is 11.9. The first kappa shape index (κ1) is 21.5. The molecule has 1 atom stereocenters. The highest BCUT2D eigenvalue weighted by Gasteiger charge is 2.36. The van der Waals surface area contributed by atoms with Crippen LogP contribution in [0, 0.1) is 15.9 Å². The molecule has 1 aliphatic rings. The number of benzene rings is 2. The summed E-state index contributed by atoms with van der Waals surface area (Å²) in [6.07, 6.45) is 0.176. The molecule has 0 spiro atoms. The van der Waals surface area contributed by atoms with Gasteiger partial charge in [-0.25, -0.2) is 12.8 Å². The number of carbonyl (C=O) groups is 1. The molecule has 29 heavy (non-hydrogen) atoms. The molecule has 3 rings (SSSR count). The Labute approximate surface area is 176 Å². The number of nitrogens with zero attached hydrogens (tertiary/aromatic N) is 2. The van der Waals surface area contributed by atoms with Crippen LogP contribution in [-0.4, -0.2) is 41.7 Å². The van der Waals surface area contributed by atoms with Crippen molar-refractivity contribution in [2.24, 2.45) is 0 Å². The van der Waals surface area contributed by atoms with Gasteiger partial charge < -0.3 is 4.90 Å². The fraction of sp³-hybridized carbons (Fsp3) is 0.278. The highest BCUT2D eigenvalue weighted by Crippen LogP contribution is 2.29. The van der Waals surface area contributed by atoms with Crippen molar-refractivity contribution >= 4 is 44.6 Å². The molecule has 154 valence electrons. The van der Waals surface area contributed by atoms with E-state index in [4.69, 9.17) is 23.2 Å². The molecule has 1 saturated heterocycles. The van der Waals surface area contributed by atoms with Gasteiger partial charge >= 0.3 is 0 Å². The lowest BCUT2D eigenvalue weighted by molar-refractivity contribution is -0.384. The molecule has 1 heterocycles. The van der Waals surface area contributed by atoms with E-state index >= 15 is 0 Å². The number of nitro benzene ring substituents is 1. The summed E-state index contributed by atoms with van der Waals surface area (Å²) in [6.45, 7) is -0.277. The maximum Gasteiger partial charge on any atom is 0.288 e. The van der Waals surface area contributed by atoms with Crippen LogP contribution in [0.5, 0.6) is 0 Å². The van der Waals surface area contributed by atoms with E-state index in [-0.39, 0.29) is 45.6 Å². The van der Waals surface area contributed by atoms with Crippen molar-refractivity contribution in [1.29, 1.82) is 0 Å². The number of rotatable bonds is 5. The maximum atomic E-state index is 14.3. The van der Waals surface area contributed by atoms with Crippen LogP contribution >= 0.6 is 23.2 Å². The normalized spacial score (nSPS) is 17.8. The molecule has 0 aromatic heterocycles. The first-order valence-electron chi connectivity index (χ1n) is 8.47. The molecular formula is C18H15Cl2FN2O5S.